The zero-order chi connectivity index (χ0) is 14.9. The van der Waals surface area contributed by atoms with Crippen molar-refractivity contribution in [3.63, 3.8) is 0 Å². The highest BCUT2D eigenvalue weighted by molar-refractivity contribution is 6.33. The first-order valence-electron chi connectivity index (χ1n) is 5.73. The Kier molecular flexibility index (Phi) is 4.20. The van der Waals surface area contributed by atoms with Gasteiger partial charge < -0.3 is 9.84 Å². The number of halogens is 2. The zero-order valence-electron chi connectivity index (χ0n) is 10.9. The van der Waals surface area contributed by atoms with Gasteiger partial charge in [0.2, 0.25) is 0 Å². The van der Waals surface area contributed by atoms with Gasteiger partial charge >= 0.3 is 5.97 Å². The number of rotatable bonds is 4. The van der Waals surface area contributed by atoms with Crippen molar-refractivity contribution in [2.24, 2.45) is 7.05 Å². The van der Waals surface area contributed by atoms with Crippen molar-refractivity contribution in [2.45, 2.75) is 13.5 Å². The number of hydrogen-bond donors (Lipinski definition) is 1. The molecule has 106 valence electrons. The van der Waals surface area contributed by atoms with Crippen LogP contribution in [0.2, 0.25) is 10.0 Å². The fraction of sp³-hybridized carbons (Fsp3) is 0.231. The van der Waals surface area contributed by atoms with Crippen molar-refractivity contribution in [1.82, 2.24) is 9.78 Å². The molecule has 0 aliphatic heterocycles. The van der Waals surface area contributed by atoms with Crippen molar-refractivity contribution in [3.05, 3.63) is 45.2 Å². The lowest BCUT2D eigenvalue weighted by atomic mass is 10.2. The average Bonchev–Trinajstić information content (AvgIpc) is 2.62. The maximum Gasteiger partial charge on any atom is 0.337 e. The van der Waals surface area contributed by atoms with Gasteiger partial charge in [-0.05, 0) is 25.1 Å². The predicted molar refractivity (Wildman–Crippen MR) is 75.7 cm³/mol. The summed E-state index contributed by atoms with van der Waals surface area (Å²) < 4.78 is 7.18. The summed E-state index contributed by atoms with van der Waals surface area (Å²) in [5.74, 6) is -0.698. The summed E-state index contributed by atoms with van der Waals surface area (Å²) in [5, 5.41) is 13.9. The molecule has 5 nitrogen and oxygen atoms in total. The van der Waals surface area contributed by atoms with Crippen molar-refractivity contribution in [1.29, 1.82) is 0 Å². The highest BCUT2D eigenvalue weighted by atomic mass is 35.5. The third kappa shape index (κ3) is 2.89. The average molecular weight is 315 g/mol. The van der Waals surface area contributed by atoms with Crippen LogP contribution in [0, 0.1) is 6.92 Å². The first-order chi connectivity index (χ1) is 9.40. The molecule has 0 atom stereocenters. The molecule has 20 heavy (non-hydrogen) atoms. The second kappa shape index (κ2) is 5.73. The van der Waals surface area contributed by atoms with Crippen LogP contribution in [0.3, 0.4) is 0 Å². The lowest BCUT2D eigenvalue weighted by Gasteiger charge is -2.08. The third-order valence-corrected chi connectivity index (χ3v) is 3.63. The van der Waals surface area contributed by atoms with Crippen LogP contribution in [0.5, 0.6) is 5.75 Å². The molecule has 0 amide bonds. The van der Waals surface area contributed by atoms with Crippen molar-refractivity contribution < 1.29 is 14.6 Å². The molecule has 1 aromatic carbocycles. The van der Waals surface area contributed by atoms with Crippen molar-refractivity contribution in [3.8, 4) is 5.75 Å². The van der Waals surface area contributed by atoms with Crippen LogP contribution in [0.1, 0.15) is 21.7 Å². The minimum atomic E-state index is -1.10. The van der Waals surface area contributed by atoms with E-state index in [0.717, 1.165) is 11.4 Å². The number of ether oxygens (including phenoxy) is 1. The van der Waals surface area contributed by atoms with Gasteiger partial charge in [0, 0.05) is 7.05 Å². The van der Waals surface area contributed by atoms with Gasteiger partial charge in [0.1, 0.15) is 12.4 Å². The molecule has 0 saturated heterocycles. The SMILES string of the molecule is Cc1nn(C)c(COc2ccc(Cl)c(C(=O)O)c2)c1Cl. The number of nitrogens with zero attached hydrogens (tertiary/aromatic N) is 2. The van der Waals surface area contributed by atoms with E-state index >= 15 is 0 Å². The second-order valence-corrected chi connectivity index (χ2v) is 4.99. The minimum Gasteiger partial charge on any atom is -0.487 e. The molecule has 1 aromatic heterocycles. The fourth-order valence-corrected chi connectivity index (χ4v) is 2.16. The molecule has 0 aliphatic rings. The van der Waals surface area contributed by atoms with E-state index in [1.54, 1.807) is 24.7 Å². The van der Waals surface area contributed by atoms with E-state index in [2.05, 4.69) is 5.10 Å². The highest BCUT2D eigenvalue weighted by Crippen LogP contribution is 2.25. The van der Waals surface area contributed by atoms with E-state index in [0.29, 0.717) is 10.8 Å². The first kappa shape index (κ1) is 14.7. The van der Waals surface area contributed by atoms with E-state index in [9.17, 15) is 4.79 Å². The molecule has 2 aromatic rings. The second-order valence-electron chi connectivity index (χ2n) is 4.21. The van der Waals surface area contributed by atoms with Gasteiger partial charge in [0.05, 0.1) is 27.0 Å². The lowest BCUT2D eigenvalue weighted by Crippen LogP contribution is -2.04. The summed E-state index contributed by atoms with van der Waals surface area (Å²) in [6.07, 6.45) is 0. The van der Waals surface area contributed by atoms with Gasteiger partial charge in [0.15, 0.2) is 0 Å². The third-order valence-electron chi connectivity index (χ3n) is 2.81. The van der Waals surface area contributed by atoms with Gasteiger partial charge in [-0.3, -0.25) is 4.68 Å². The van der Waals surface area contributed by atoms with E-state index < -0.39 is 5.97 Å². The Morgan fingerprint density at radius 3 is 2.70 bits per heavy atom. The summed E-state index contributed by atoms with van der Waals surface area (Å²) in [4.78, 5) is 11.0. The molecule has 0 radical (unpaired) electrons. The Balaban J connectivity index is 2.19. The summed E-state index contributed by atoms with van der Waals surface area (Å²) in [6.45, 7) is 1.99. The summed E-state index contributed by atoms with van der Waals surface area (Å²) in [7, 11) is 1.77. The molecule has 7 heteroatoms. The number of aromatic nitrogens is 2. The Labute approximate surface area is 125 Å². The Morgan fingerprint density at radius 1 is 1.45 bits per heavy atom. The van der Waals surface area contributed by atoms with E-state index in [1.165, 1.54) is 12.1 Å². The Hall–Kier alpha value is -1.72. The van der Waals surface area contributed by atoms with Crippen LogP contribution in [-0.4, -0.2) is 20.9 Å². The standard InChI is InChI=1S/C13H12Cl2N2O3/c1-7-12(15)11(17(2)16-7)6-20-8-3-4-10(14)9(5-8)13(18)19/h3-5H,6H2,1-2H3,(H,18,19). The molecule has 1 N–H and O–H groups in total. The van der Waals surface area contributed by atoms with Crippen LogP contribution >= 0.6 is 23.2 Å². The van der Waals surface area contributed by atoms with Gasteiger partial charge in [-0.2, -0.15) is 5.10 Å². The number of carboxylic acids is 1. The number of carboxylic acid groups (broad SMARTS) is 1. The van der Waals surface area contributed by atoms with Crippen molar-refractivity contribution in [2.75, 3.05) is 0 Å². The van der Waals surface area contributed by atoms with Gasteiger partial charge in [-0.1, -0.05) is 23.2 Å². The molecule has 1 heterocycles. The molecule has 0 bridgehead atoms. The smallest absolute Gasteiger partial charge is 0.337 e. The summed E-state index contributed by atoms with van der Waals surface area (Å²) in [6, 6.07) is 4.46. The Bertz CT molecular complexity index is 668. The summed E-state index contributed by atoms with van der Waals surface area (Å²) in [5.41, 5.74) is 1.43. The molecule has 0 spiro atoms. The topological polar surface area (TPSA) is 64.4 Å². The number of aryl methyl sites for hydroxylation is 2. The van der Waals surface area contributed by atoms with Crippen LogP contribution in [-0.2, 0) is 13.7 Å². The van der Waals surface area contributed by atoms with Crippen LogP contribution < -0.4 is 4.74 Å². The normalized spacial score (nSPS) is 10.6. The van der Waals surface area contributed by atoms with Gasteiger partial charge in [-0.15, -0.1) is 0 Å². The quantitative estimate of drug-likeness (QED) is 0.940. The predicted octanol–water partition coefficient (Wildman–Crippen LogP) is 3.31. The molecule has 0 aliphatic carbocycles. The molecule has 2 rings (SSSR count). The van der Waals surface area contributed by atoms with Gasteiger partial charge in [-0.25, -0.2) is 4.79 Å². The van der Waals surface area contributed by atoms with Gasteiger partial charge in [0.25, 0.3) is 0 Å². The minimum absolute atomic E-state index is 0.00329. The highest BCUT2D eigenvalue weighted by Gasteiger charge is 2.13. The van der Waals surface area contributed by atoms with E-state index in [1.807, 2.05) is 0 Å². The first-order valence-corrected chi connectivity index (χ1v) is 6.49. The number of aromatic carboxylic acids is 1. The van der Waals surface area contributed by atoms with E-state index in [-0.39, 0.29) is 17.2 Å². The van der Waals surface area contributed by atoms with Crippen molar-refractivity contribution >= 4 is 29.2 Å². The zero-order valence-corrected chi connectivity index (χ0v) is 12.4. The Morgan fingerprint density at radius 2 is 2.15 bits per heavy atom. The van der Waals surface area contributed by atoms with Crippen LogP contribution in [0.25, 0.3) is 0 Å². The molecular formula is C13H12Cl2N2O3. The maximum absolute atomic E-state index is 11.0. The molecule has 0 fully saturated rings. The summed E-state index contributed by atoms with van der Waals surface area (Å²) >= 11 is 11.9. The van der Waals surface area contributed by atoms with Crippen LogP contribution in [0.15, 0.2) is 18.2 Å². The largest absolute Gasteiger partial charge is 0.487 e. The lowest BCUT2D eigenvalue weighted by molar-refractivity contribution is 0.0696. The molecular weight excluding hydrogens is 303 g/mol. The van der Waals surface area contributed by atoms with E-state index in [4.69, 9.17) is 33.0 Å². The number of hydrogen-bond acceptors (Lipinski definition) is 3. The number of carbonyl (C=O) groups is 1. The molecule has 0 unspecified atom stereocenters. The fourth-order valence-electron chi connectivity index (χ4n) is 1.75. The monoisotopic (exact) mass is 314 g/mol. The maximum atomic E-state index is 11.0. The number of benzene rings is 1. The van der Waals surface area contributed by atoms with Crippen LogP contribution in [0.4, 0.5) is 0 Å². The molecule has 0 saturated carbocycles.